The van der Waals surface area contributed by atoms with Gasteiger partial charge in [-0.15, -0.1) is 0 Å². The number of aromatic nitrogens is 3. The Morgan fingerprint density at radius 3 is 2.81 bits per heavy atom. The second-order valence-corrected chi connectivity index (χ2v) is 5.91. The first-order valence-electron chi connectivity index (χ1n) is 7.00. The Morgan fingerprint density at radius 1 is 1.38 bits per heavy atom. The van der Waals surface area contributed by atoms with Gasteiger partial charge in [-0.3, -0.25) is 0 Å². The fourth-order valence-corrected chi connectivity index (χ4v) is 2.17. The van der Waals surface area contributed by atoms with Crippen molar-refractivity contribution in [3.63, 3.8) is 0 Å². The number of nitrogens with one attached hydrogen (secondary N) is 2. The molecule has 0 amide bonds. The van der Waals surface area contributed by atoms with Gasteiger partial charge in [0.2, 0.25) is 0 Å². The van der Waals surface area contributed by atoms with Gasteiger partial charge in [-0.1, -0.05) is 0 Å². The number of anilines is 1. The quantitative estimate of drug-likeness (QED) is 0.822. The summed E-state index contributed by atoms with van der Waals surface area (Å²) in [4.78, 5) is 6.57. The molecule has 2 aromatic heterocycles. The molecule has 114 valence electrons. The minimum Gasteiger partial charge on any atom is -0.361 e. The molecule has 0 unspecified atom stereocenters. The normalized spacial score (nSPS) is 11.3. The zero-order chi connectivity index (χ0) is 15.4. The second kappa shape index (κ2) is 6.82. The number of likely N-dealkylation sites (N-methyl/N-ethyl adjacent to an activating group) is 1. The average Bonchev–Trinajstić information content (AvgIpc) is 2.81. The largest absolute Gasteiger partial charge is 0.361 e. The number of rotatable bonds is 5. The smallest absolute Gasteiger partial charge is 0.170 e. The molecular weight excluding hydrogens is 284 g/mol. The Labute approximate surface area is 130 Å². The van der Waals surface area contributed by atoms with Crippen molar-refractivity contribution >= 4 is 34.1 Å². The molecule has 0 bridgehead atoms. The lowest BCUT2D eigenvalue weighted by atomic mass is 10.3. The number of thiocarbonyl (C=S) groups is 1. The van der Waals surface area contributed by atoms with Gasteiger partial charge in [-0.2, -0.15) is 5.10 Å². The maximum absolute atomic E-state index is 5.27. The molecule has 6 nitrogen and oxygen atoms in total. The van der Waals surface area contributed by atoms with Crippen LogP contribution in [0.2, 0.25) is 0 Å². The van der Waals surface area contributed by atoms with E-state index >= 15 is 0 Å². The van der Waals surface area contributed by atoms with Crippen LogP contribution < -0.4 is 10.6 Å². The average molecular weight is 306 g/mol. The first-order valence-corrected chi connectivity index (χ1v) is 7.41. The summed E-state index contributed by atoms with van der Waals surface area (Å²) in [6.07, 6.45) is 3.61. The first-order chi connectivity index (χ1) is 9.97. The van der Waals surface area contributed by atoms with Crippen LogP contribution in [0.3, 0.4) is 0 Å². The highest BCUT2D eigenvalue weighted by Crippen LogP contribution is 2.18. The van der Waals surface area contributed by atoms with Crippen LogP contribution in [0, 0.1) is 0 Å². The van der Waals surface area contributed by atoms with Crippen molar-refractivity contribution in [3.05, 3.63) is 18.5 Å². The first kappa shape index (κ1) is 15.7. The topological polar surface area (TPSA) is 58.0 Å². The molecule has 2 aromatic rings. The molecule has 0 fully saturated rings. The third kappa shape index (κ3) is 4.12. The van der Waals surface area contributed by atoms with E-state index in [-0.39, 0.29) is 0 Å². The van der Waals surface area contributed by atoms with Gasteiger partial charge < -0.3 is 15.5 Å². The summed E-state index contributed by atoms with van der Waals surface area (Å²) in [6, 6.07) is 2.30. The number of fused-ring (bicyclic) bond motifs is 1. The summed E-state index contributed by atoms with van der Waals surface area (Å²) in [5, 5.41) is 12.3. The number of hydrogen-bond donors (Lipinski definition) is 2. The lowest BCUT2D eigenvalue weighted by Crippen LogP contribution is -2.34. The van der Waals surface area contributed by atoms with Gasteiger partial charge in [0.15, 0.2) is 10.8 Å². The van der Waals surface area contributed by atoms with Crippen LogP contribution in [-0.4, -0.2) is 52.0 Å². The van der Waals surface area contributed by atoms with Crippen LogP contribution >= 0.6 is 12.2 Å². The Balaban J connectivity index is 2.01. The zero-order valence-electron chi connectivity index (χ0n) is 12.9. The third-order valence-corrected chi connectivity index (χ3v) is 3.27. The molecule has 2 rings (SSSR count). The molecule has 0 aliphatic rings. The maximum Gasteiger partial charge on any atom is 0.170 e. The van der Waals surface area contributed by atoms with E-state index in [1.54, 1.807) is 6.20 Å². The Hall–Kier alpha value is -1.73. The fourth-order valence-electron chi connectivity index (χ4n) is 1.95. The molecule has 0 aromatic carbocycles. The van der Waals surface area contributed by atoms with E-state index in [1.165, 1.54) is 0 Å². The summed E-state index contributed by atoms with van der Waals surface area (Å²) in [5.41, 5.74) is 1.76. The zero-order valence-corrected chi connectivity index (χ0v) is 13.7. The van der Waals surface area contributed by atoms with Crippen molar-refractivity contribution in [2.45, 2.75) is 19.9 Å². The van der Waals surface area contributed by atoms with E-state index in [0.29, 0.717) is 11.2 Å². The second-order valence-electron chi connectivity index (χ2n) is 5.50. The van der Waals surface area contributed by atoms with Crippen molar-refractivity contribution in [2.24, 2.45) is 0 Å². The lowest BCUT2D eigenvalue weighted by Gasteiger charge is -2.13. The van der Waals surface area contributed by atoms with E-state index in [0.717, 1.165) is 29.8 Å². The number of pyridine rings is 1. The SMILES string of the molecule is CC(C)n1ncc2cc(NC(=S)NCCN(C)C)cnc21. The summed E-state index contributed by atoms with van der Waals surface area (Å²) in [5.74, 6) is 0. The Morgan fingerprint density at radius 2 is 2.14 bits per heavy atom. The minimum atomic E-state index is 0.294. The van der Waals surface area contributed by atoms with Gasteiger partial charge in [0.05, 0.1) is 18.1 Å². The van der Waals surface area contributed by atoms with Crippen LogP contribution in [-0.2, 0) is 0 Å². The van der Waals surface area contributed by atoms with Gasteiger partial charge in [0.1, 0.15) is 0 Å². The van der Waals surface area contributed by atoms with Crippen LogP contribution in [0.25, 0.3) is 11.0 Å². The summed E-state index contributed by atoms with van der Waals surface area (Å²) in [7, 11) is 4.06. The van der Waals surface area contributed by atoms with Gasteiger partial charge in [-0.25, -0.2) is 9.67 Å². The van der Waals surface area contributed by atoms with Crippen molar-refractivity contribution < 1.29 is 0 Å². The molecule has 0 aliphatic carbocycles. The third-order valence-electron chi connectivity index (χ3n) is 3.02. The molecule has 0 aliphatic heterocycles. The van der Waals surface area contributed by atoms with E-state index in [1.807, 2.05) is 31.0 Å². The van der Waals surface area contributed by atoms with E-state index < -0.39 is 0 Å². The van der Waals surface area contributed by atoms with Crippen molar-refractivity contribution in [1.82, 2.24) is 25.0 Å². The van der Waals surface area contributed by atoms with Crippen LogP contribution in [0.1, 0.15) is 19.9 Å². The highest BCUT2D eigenvalue weighted by Gasteiger charge is 2.08. The lowest BCUT2D eigenvalue weighted by molar-refractivity contribution is 0.413. The predicted octanol–water partition coefficient (Wildman–Crippen LogP) is 1.86. The molecule has 0 spiro atoms. The van der Waals surface area contributed by atoms with Crippen LogP contribution in [0.4, 0.5) is 5.69 Å². The maximum atomic E-state index is 5.27. The molecule has 2 heterocycles. The van der Waals surface area contributed by atoms with Crippen LogP contribution in [0.15, 0.2) is 18.5 Å². The van der Waals surface area contributed by atoms with E-state index in [4.69, 9.17) is 12.2 Å². The van der Waals surface area contributed by atoms with Crippen molar-refractivity contribution in [2.75, 3.05) is 32.5 Å². The molecule has 0 saturated heterocycles. The molecule has 21 heavy (non-hydrogen) atoms. The Kier molecular flexibility index (Phi) is 5.08. The van der Waals surface area contributed by atoms with Gasteiger partial charge in [0.25, 0.3) is 0 Å². The highest BCUT2D eigenvalue weighted by atomic mass is 32.1. The molecular formula is C14H22N6S. The predicted molar refractivity (Wildman–Crippen MR) is 90.7 cm³/mol. The van der Waals surface area contributed by atoms with Gasteiger partial charge in [0, 0.05) is 24.5 Å². The van der Waals surface area contributed by atoms with Crippen molar-refractivity contribution in [1.29, 1.82) is 0 Å². The van der Waals surface area contributed by atoms with E-state index in [2.05, 4.69) is 39.5 Å². The number of nitrogens with zero attached hydrogens (tertiary/aromatic N) is 4. The van der Waals surface area contributed by atoms with Crippen LogP contribution in [0.5, 0.6) is 0 Å². The summed E-state index contributed by atoms with van der Waals surface area (Å²) in [6.45, 7) is 5.91. The monoisotopic (exact) mass is 306 g/mol. The highest BCUT2D eigenvalue weighted by molar-refractivity contribution is 7.80. The summed E-state index contributed by atoms with van der Waals surface area (Å²) < 4.78 is 1.91. The van der Waals surface area contributed by atoms with Crippen molar-refractivity contribution in [3.8, 4) is 0 Å². The molecule has 0 atom stereocenters. The van der Waals surface area contributed by atoms with Gasteiger partial charge >= 0.3 is 0 Å². The summed E-state index contributed by atoms with van der Waals surface area (Å²) >= 11 is 5.27. The molecule has 0 radical (unpaired) electrons. The van der Waals surface area contributed by atoms with E-state index in [9.17, 15) is 0 Å². The number of hydrogen-bond acceptors (Lipinski definition) is 4. The Bertz CT molecular complexity index is 619. The minimum absolute atomic E-state index is 0.294. The van der Waals surface area contributed by atoms with Gasteiger partial charge in [-0.05, 0) is 46.2 Å². The fraction of sp³-hybridized carbons (Fsp3) is 0.500. The standard InChI is InChI=1S/C14H22N6S/c1-10(2)20-13-11(8-17-20)7-12(9-16-13)18-14(21)15-5-6-19(3)4/h7-10H,5-6H2,1-4H3,(H2,15,18,21). The molecule has 0 saturated carbocycles. The molecule has 7 heteroatoms. The molecule has 2 N–H and O–H groups in total.